The van der Waals surface area contributed by atoms with E-state index in [4.69, 9.17) is 10.2 Å². The van der Waals surface area contributed by atoms with E-state index in [-0.39, 0.29) is 6.01 Å². The minimum Gasteiger partial charge on any atom is -0.407 e. The second kappa shape index (κ2) is 4.10. The summed E-state index contributed by atoms with van der Waals surface area (Å²) in [5.74, 6) is 1.04. The summed E-state index contributed by atoms with van der Waals surface area (Å²) in [6, 6.07) is 7.95. The summed E-state index contributed by atoms with van der Waals surface area (Å²) in [4.78, 5) is 7.62. The molecule has 0 aliphatic heterocycles. The van der Waals surface area contributed by atoms with Gasteiger partial charge in [0.05, 0.1) is 16.8 Å². The van der Waals surface area contributed by atoms with Crippen LogP contribution in [0.2, 0.25) is 0 Å². The van der Waals surface area contributed by atoms with Crippen LogP contribution in [0.15, 0.2) is 33.8 Å². The molecule has 0 unspecified atom stereocenters. The van der Waals surface area contributed by atoms with Crippen molar-refractivity contribution in [1.29, 1.82) is 0 Å². The molecule has 0 amide bonds. The minimum atomic E-state index is 0.0882. The summed E-state index contributed by atoms with van der Waals surface area (Å²) in [6.45, 7) is 0. The predicted molar refractivity (Wildman–Crippen MR) is 64.4 cm³/mol. The fourth-order valence-electron chi connectivity index (χ4n) is 1.45. The molecule has 0 aliphatic carbocycles. The number of fused-ring (bicyclic) bond motifs is 1. The van der Waals surface area contributed by atoms with Crippen molar-refractivity contribution in [2.24, 2.45) is 0 Å². The highest BCUT2D eigenvalue weighted by atomic mass is 32.2. The zero-order valence-electron chi connectivity index (χ0n) is 8.75. The number of rotatable bonds is 3. The van der Waals surface area contributed by atoms with Gasteiger partial charge in [-0.2, -0.15) is 0 Å². The molecule has 0 radical (unpaired) electrons. The Kier molecular flexibility index (Phi) is 2.45. The zero-order chi connectivity index (χ0) is 11.7. The Morgan fingerprint density at radius 1 is 1.29 bits per heavy atom. The third-order valence-corrected chi connectivity index (χ3v) is 3.04. The lowest BCUT2D eigenvalue weighted by Crippen LogP contribution is -1.81. The number of nitrogens with two attached hydrogens (primary N) is 1. The summed E-state index contributed by atoms with van der Waals surface area (Å²) < 4.78 is 5.07. The molecular formula is C10H9N5OS. The van der Waals surface area contributed by atoms with Gasteiger partial charge in [0, 0.05) is 0 Å². The fraction of sp³-hybridized carbons (Fsp3) is 0.100. The quantitative estimate of drug-likeness (QED) is 0.686. The standard InChI is InChI=1S/C10H9N5OS/c11-9-15-14-8(16-9)5-17-10-12-6-3-1-2-4-7(6)13-10/h1-4H,5H2,(H2,11,15)(H,12,13). The van der Waals surface area contributed by atoms with E-state index in [2.05, 4.69) is 20.2 Å². The largest absolute Gasteiger partial charge is 0.407 e. The van der Waals surface area contributed by atoms with Gasteiger partial charge in [-0.05, 0) is 12.1 Å². The zero-order valence-corrected chi connectivity index (χ0v) is 9.57. The molecule has 7 heteroatoms. The van der Waals surface area contributed by atoms with Crippen LogP contribution in [-0.2, 0) is 5.75 Å². The summed E-state index contributed by atoms with van der Waals surface area (Å²) in [7, 11) is 0. The molecule has 3 N–H and O–H groups in total. The number of benzene rings is 1. The number of nitrogens with one attached hydrogen (secondary N) is 1. The Bertz CT molecular complexity index is 614. The first kappa shape index (κ1) is 10.2. The number of aromatic nitrogens is 4. The molecule has 2 aromatic heterocycles. The SMILES string of the molecule is Nc1nnc(CSc2nc3ccccc3[nH]2)o1. The molecule has 3 aromatic rings. The number of imidazole rings is 1. The van der Waals surface area contributed by atoms with Gasteiger partial charge in [-0.25, -0.2) is 4.98 Å². The maximum atomic E-state index is 5.34. The summed E-state index contributed by atoms with van der Waals surface area (Å²) >= 11 is 1.49. The van der Waals surface area contributed by atoms with Gasteiger partial charge < -0.3 is 15.1 Å². The Labute approximate surface area is 101 Å². The number of nitrogen functional groups attached to an aromatic ring is 1. The normalized spacial score (nSPS) is 11.1. The molecule has 0 saturated carbocycles. The van der Waals surface area contributed by atoms with Crippen molar-refractivity contribution in [2.75, 3.05) is 5.73 Å². The van der Waals surface area contributed by atoms with E-state index < -0.39 is 0 Å². The van der Waals surface area contributed by atoms with E-state index >= 15 is 0 Å². The van der Waals surface area contributed by atoms with Crippen molar-refractivity contribution in [3.8, 4) is 0 Å². The molecular weight excluding hydrogens is 238 g/mol. The van der Waals surface area contributed by atoms with Crippen LogP contribution < -0.4 is 5.73 Å². The van der Waals surface area contributed by atoms with Crippen LogP contribution in [0.1, 0.15) is 5.89 Å². The van der Waals surface area contributed by atoms with E-state index in [1.54, 1.807) is 0 Å². The predicted octanol–water partition coefficient (Wildman–Crippen LogP) is 1.82. The smallest absolute Gasteiger partial charge is 0.312 e. The fourth-order valence-corrected chi connectivity index (χ4v) is 2.17. The monoisotopic (exact) mass is 247 g/mol. The molecule has 0 fully saturated rings. The van der Waals surface area contributed by atoms with Crippen LogP contribution in [0.25, 0.3) is 11.0 Å². The second-order valence-corrected chi connectivity index (χ2v) is 4.35. The molecule has 0 atom stereocenters. The van der Waals surface area contributed by atoms with Crippen molar-refractivity contribution in [3.63, 3.8) is 0 Å². The number of nitrogens with zero attached hydrogens (tertiary/aromatic N) is 3. The van der Waals surface area contributed by atoms with Crippen LogP contribution in [0.4, 0.5) is 6.01 Å². The average molecular weight is 247 g/mol. The van der Waals surface area contributed by atoms with Crippen molar-refractivity contribution in [2.45, 2.75) is 10.9 Å². The molecule has 0 bridgehead atoms. The van der Waals surface area contributed by atoms with Gasteiger partial charge in [0.25, 0.3) is 0 Å². The number of para-hydroxylation sites is 2. The molecule has 2 heterocycles. The van der Waals surface area contributed by atoms with Gasteiger partial charge in [-0.15, -0.1) is 5.10 Å². The molecule has 0 aliphatic rings. The van der Waals surface area contributed by atoms with Crippen LogP contribution in [-0.4, -0.2) is 20.2 Å². The van der Waals surface area contributed by atoms with Gasteiger partial charge in [0.2, 0.25) is 5.89 Å². The maximum Gasteiger partial charge on any atom is 0.312 e. The van der Waals surface area contributed by atoms with Gasteiger partial charge >= 0.3 is 6.01 Å². The van der Waals surface area contributed by atoms with Crippen LogP contribution >= 0.6 is 11.8 Å². The molecule has 0 spiro atoms. The van der Waals surface area contributed by atoms with E-state index in [9.17, 15) is 0 Å². The number of thioether (sulfide) groups is 1. The number of aromatic amines is 1. The Balaban J connectivity index is 1.76. The first-order valence-electron chi connectivity index (χ1n) is 4.97. The van der Waals surface area contributed by atoms with E-state index in [0.29, 0.717) is 11.6 Å². The molecule has 17 heavy (non-hydrogen) atoms. The minimum absolute atomic E-state index is 0.0882. The van der Waals surface area contributed by atoms with E-state index in [1.165, 1.54) is 11.8 Å². The van der Waals surface area contributed by atoms with Crippen molar-refractivity contribution >= 4 is 28.8 Å². The lowest BCUT2D eigenvalue weighted by molar-refractivity contribution is 0.533. The van der Waals surface area contributed by atoms with Crippen LogP contribution in [0.3, 0.4) is 0 Å². The molecule has 0 saturated heterocycles. The second-order valence-electron chi connectivity index (χ2n) is 3.38. The molecule has 6 nitrogen and oxygen atoms in total. The number of anilines is 1. The molecule has 1 aromatic carbocycles. The first-order valence-corrected chi connectivity index (χ1v) is 5.95. The van der Waals surface area contributed by atoms with Gasteiger partial charge in [-0.3, -0.25) is 0 Å². The van der Waals surface area contributed by atoms with Crippen molar-refractivity contribution < 1.29 is 4.42 Å². The summed E-state index contributed by atoms with van der Waals surface area (Å²) in [6.07, 6.45) is 0. The Morgan fingerprint density at radius 3 is 2.94 bits per heavy atom. The highest BCUT2D eigenvalue weighted by Gasteiger charge is 2.06. The third-order valence-electron chi connectivity index (χ3n) is 2.18. The topological polar surface area (TPSA) is 93.6 Å². The van der Waals surface area contributed by atoms with E-state index in [1.807, 2.05) is 24.3 Å². The first-order chi connectivity index (χ1) is 8.31. The number of hydrogen-bond acceptors (Lipinski definition) is 6. The highest BCUT2D eigenvalue weighted by Crippen LogP contribution is 2.22. The molecule has 3 rings (SSSR count). The number of hydrogen-bond donors (Lipinski definition) is 2. The van der Waals surface area contributed by atoms with Crippen LogP contribution in [0, 0.1) is 0 Å². The van der Waals surface area contributed by atoms with Crippen LogP contribution in [0.5, 0.6) is 0 Å². The summed E-state index contributed by atoms with van der Waals surface area (Å²) in [5, 5.41) is 8.19. The lowest BCUT2D eigenvalue weighted by Gasteiger charge is -1.91. The van der Waals surface area contributed by atoms with Crippen molar-refractivity contribution in [1.82, 2.24) is 20.2 Å². The van der Waals surface area contributed by atoms with E-state index in [0.717, 1.165) is 16.2 Å². The average Bonchev–Trinajstić information content (AvgIpc) is 2.91. The van der Waals surface area contributed by atoms with Gasteiger partial charge in [0.1, 0.15) is 0 Å². The third kappa shape index (κ3) is 2.09. The Hall–Kier alpha value is -2.02. The molecule has 86 valence electrons. The van der Waals surface area contributed by atoms with Crippen molar-refractivity contribution in [3.05, 3.63) is 30.2 Å². The summed E-state index contributed by atoms with van der Waals surface area (Å²) in [5.41, 5.74) is 7.29. The Morgan fingerprint density at radius 2 is 2.18 bits per heavy atom. The highest BCUT2D eigenvalue weighted by molar-refractivity contribution is 7.98. The maximum absolute atomic E-state index is 5.34. The van der Waals surface area contributed by atoms with Gasteiger partial charge in [-0.1, -0.05) is 29.0 Å². The number of H-pyrrole nitrogens is 1. The lowest BCUT2D eigenvalue weighted by atomic mass is 10.3. The van der Waals surface area contributed by atoms with Gasteiger partial charge in [0.15, 0.2) is 5.16 Å².